The fourth-order valence-electron chi connectivity index (χ4n) is 2.04. The second-order valence-corrected chi connectivity index (χ2v) is 7.26. The Bertz CT molecular complexity index is 1040. The van der Waals surface area contributed by atoms with Crippen LogP contribution in [0.4, 0.5) is 22.0 Å². The maximum Gasteiger partial charge on any atom is 0.522 e. The molecule has 3 rings (SSSR count). The molecule has 142 valence electrons. The summed E-state index contributed by atoms with van der Waals surface area (Å²) in [6, 6.07) is 8.20. The number of thiophene rings is 1. The predicted octanol–water partition coefficient (Wildman–Crippen LogP) is 5.13. The third-order valence-corrected chi connectivity index (χ3v) is 4.92. The van der Waals surface area contributed by atoms with E-state index >= 15 is 0 Å². The Hall–Kier alpha value is -1.98. The van der Waals surface area contributed by atoms with Gasteiger partial charge in [-0.15, -0.1) is 11.3 Å². The van der Waals surface area contributed by atoms with Gasteiger partial charge in [0, 0.05) is 10.8 Å². The molecular formula is C15H11F5O4S2. The molecule has 11 heteroatoms. The Morgan fingerprint density at radius 2 is 1.65 bits per heavy atom. The van der Waals surface area contributed by atoms with E-state index in [0.29, 0.717) is 16.0 Å². The average molecular weight is 414 g/mol. The number of halogens is 5. The third-order valence-electron chi connectivity index (χ3n) is 3.12. The smallest absolute Gasteiger partial charge is 0.491 e. The SMILES string of the molecule is CCOc1ccc2c(sc3c(F)cccc32)c1F.O=S(=O)(O)C(F)(F)F. The van der Waals surface area contributed by atoms with E-state index in [2.05, 4.69) is 0 Å². The summed E-state index contributed by atoms with van der Waals surface area (Å²) < 4.78 is 91.5. The Balaban J connectivity index is 0.000000260. The van der Waals surface area contributed by atoms with Crippen LogP contribution in [-0.4, -0.2) is 25.1 Å². The van der Waals surface area contributed by atoms with E-state index in [4.69, 9.17) is 17.7 Å². The van der Waals surface area contributed by atoms with Crippen LogP contribution < -0.4 is 4.74 Å². The minimum Gasteiger partial charge on any atom is -0.491 e. The summed E-state index contributed by atoms with van der Waals surface area (Å²) in [5.41, 5.74) is -5.53. The highest BCUT2D eigenvalue weighted by Crippen LogP contribution is 2.39. The number of rotatable bonds is 2. The van der Waals surface area contributed by atoms with E-state index in [1.807, 2.05) is 0 Å². The van der Waals surface area contributed by atoms with Crippen molar-refractivity contribution in [2.45, 2.75) is 12.4 Å². The van der Waals surface area contributed by atoms with Gasteiger partial charge in [0.05, 0.1) is 16.0 Å². The lowest BCUT2D eigenvalue weighted by atomic mass is 10.1. The second kappa shape index (κ2) is 7.33. The maximum atomic E-state index is 14.2. The predicted molar refractivity (Wildman–Crippen MR) is 88.0 cm³/mol. The molecule has 0 amide bonds. The molecule has 0 atom stereocenters. The van der Waals surface area contributed by atoms with Gasteiger partial charge in [0.15, 0.2) is 11.6 Å². The second-order valence-electron chi connectivity index (χ2n) is 4.83. The van der Waals surface area contributed by atoms with Crippen molar-refractivity contribution >= 4 is 41.6 Å². The lowest BCUT2D eigenvalue weighted by molar-refractivity contribution is -0.0510. The molecule has 4 nitrogen and oxygen atoms in total. The number of ether oxygens (including phenoxy) is 1. The van der Waals surface area contributed by atoms with Crippen LogP contribution in [0.3, 0.4) is 0 Å². The Labute approximate surface area is 148 Å². The normalized spacial score (nSPS) is 12.1. The van der Waals surface area contributed by atoms with E-state index in [9.17, 15) is 22.0 Å². The molecule has 0 saturated heterocycles. The quantitative estimate of drug-likeness (QED) is 0.359. The fraction of sp³-hybridized carbons (Fsp3) is 0.200. The molecule has 1 aromatic heterocycles. The number of fused-ring (bicyclic) bond motifs is 3. The van der Waals surface area contributed by atoms with Crippen LogP contribution in [0.5, 0.6) is 5.75 Å². The van der Waals surface area contributed by atoms with Gasteiger partial charge < -0.3 is 4.74 Å². The zero-order valence-electron chi connectivity index (χ0n) is 13.0. The Morgan fingerprint density at radius 3 is 2.19 bits per heavy atom. The summed E-state index contributed by atoms with van der Waals surface area (Å²) in [7, 11) is -5.84. The Morgan fingerprint density at radius 1 is 1.08 bits per heavy atom. The summed E-state index contributed by atoms with van der Waals surface area (Å²) in [5.74, 6) is -0.502. The molecule has 1 heterocycles. The fourth-order valence-corrected chi connectivity index (χ4v) is 3.18. The highest BCUT2D eigenvalue weighted by Gasteiger charge is 2.44. The highest BCUT2D eigenvalue weighted by molar-refractivity contribution is 7.86. The molecule has 0 aliphatic rings. The average Bonchev–Trinajstić information content (AvgIpc) is 2.90. The van der Waals surface area contributed by atoms with Gasteiger partial charge in [-0.2, -0.15) is 21.6 Å². The number of hydrogen-bond donors (Lipinski definition) is 1. The third kappa shape index (κ3) is 4.05. The number of benzene rings is 2. The summed E-state index contributed by atoms with van der Waals surface area (Å²) in [6.07, 6.45) is 0. The molecule has 2 aromatic carbocycles. The molecular weight excluding hydrogens is 403 g/mol. The van der Waals surface area contributed by atoms with Gasteiger partial charge in [-0.05, 0) is 25.1 Å². The molecule has 3 aromatic rings. The summed E-state index contributed by atoms with van der Waals surface area (Å²) in [6.45, 7) is 2.20. The van der Waals surface area contributed by atoms with Crippen molar-refractivity contribution < 1.29 is 39.7 Å². The van der Waals surface area contributed by atoms with Crippen LogP contribution in [0, 0.1) is 11.6 Å². The first kappa shape index (κ1) is 20.3. The van der Waals surface area contributed by atoms with Gasteiger partial charge in [-0.1, -0.05) is 12.1 Å². The van der Waals surface area contributed by atoms with Gasteiger partial charge in [0.25, 0.3) is 0 Å². The monoisotopic (exact) mass is 414 g/mol. The maximum absolute atomic E-state index is 14.2. The zero-order chi connectivity index (χ0) is 19.7. The number of hydrogen-bond acceptors (Lipinski definition) is 4. The van der Waals surface area contributed by atoms with Gasteiger partial charge in [0.1, 0.15) is 5.82 Å². The first-order valence-corrected chi connectivity index (χ1v) is 9.18. The summed E-state index contributed by atoms with van der Waals surface area (Å²) >= 11 is 1.12. The lowest BCUT2D eigenvalue weighted by Gasteiger charge is -2.04. The molecule has 0 fully saturated rings. The van der Waals surface area contributed by atoms with Crippen LogP contribution in [0.15, 0.2) is 30.3 Å². The highest BCUT2D eigenvalue weighted by atomic mass is 32.2. The van der Waals surface area contributed by atoms with Crippen molar-refractivity contribution in [1.29, 1.82) is 0 Å². The molecule has 0 saturated carbocycles. The van der Waals surface area contributed by atoms with E-state index in [0.717, 1.165) is 22.1 Å². The van der Waals surface area contributed by atoms with Crippen molar-refractivity contribution in [2.75, 3.05) is 6.61 Å². The van der Waals surface area contributed by atoms with Crippen molar-refractivity contribution in [3.05, 3.63) is 42.0 Å². The van der Waals surface area contributed by atoms with Crippen molar-refractivity contribution in [1.82, 2.24) is 0 Å². The van der Waals surface area contributed by atoms with Crippen molar-refractivity contribution in [2.24, 2.45) is 0 Å². The van der Waals surface area contributed by atoms with Gasteiger partial charge >= 0.3 is 15.6 Å². The minimum atomic E-state index is -5.84. The van der Waals surface area contributed by atoms with Crippen LogP contribution in [0.2, 0.25) is 0 Å². The molecule has 0 unspecified atom stereocenters. The topological polar surface area (TPSA) is 63.6 Å². The van der Waals surface area contributed by atoms with Gasteiger partial charge in [-0.25, -0.2) is 8.78 Å². The molecule has 0 bridgehead atoms. The van der Waals surface area contributed by atoms with Crippen molar-refractivity contribution in [3.8, 4) is 5.75 Å². The molecule has 0 aliphatic carbocycles. The summed E-state index contributed by atoms with van der Waals surface area (Å²) in [4.78, 5) is 0. The number of alkyl halides is 3. The first-order chi connectivity index (χ1) is 12.0. The van der Waals surface area contributed by atoms with Crippen molar-refractivity contribution in [3.63, 3.8) is 0 Å². The largest absolute Gasteiger partial charge is 0.522 e. The molecule has 1 N–H and O–H groups in total. The van der Waals surface area contributed by atoms with Crippen LogP contribution >= 0.6 is 11.3 Å². The van der Waals surface area contributed by atoms with Crippen LogP contribution in [0.25, 0.3) is 20.2 Å². The first-order valence-electron chi connectivity index (χ1n) is 6.93. The summed E-state index contributed by atoms with van der Waals surface area (Å²) in [5, 5.41) is 1.48. The standard InChI is InChI=1S/C14H10F2OS.CHF3O3S/c1-2-17-11-7-6-9-8-4-3-5-10(15)13(8)18-14(9)12(11)16;2-1(3,4)8(5,6)7/h3-7H,2H2,1H3;(H,5,6,7). The molecule has 26 heavy (non-hydrogen) atoms. The molecule has 0 radical (unpaired) electrons. The van der Waals surface area contributed by atoms with Gasteiger partial charge in [-0.3, -0.25) is 4.55 Å². The van der Waals surface area contributed by atoms with E-state index in [-0.39, 0.29) is 11.6 Å². The minimum absolute atomic E-state index is 0.219. The zero-order valence-corrected chi connectivity index (χ0v) is 14.6. The van der Waals surface area contributed by atoms with E-state index < -0.39 is 21.4 Å². The van der Waals surface area contributed by atoms with Crippen LogP contribution in [-0.2, 0) is 10.1 Å². The van der Waals surface area contributed by atoms with Gasteiger partial charge in [0.2, 0.25) is 0 Å². The Kier molecular flexibility index (Phi) is 5.73. The molecule has 0 aliphatic heterocycles. The lowest BCUT2D eigenvalue weighted by Crippen LogP contribution is -2.21. The molecule has 0 spiro atoms. The van der Waals surface area contributed by atoms with E-state index in [1.54, 1.807) is 31.2 Å². The van der Waals surface area contributed by atoms with Crippen LogP contribution in [0.1, 0.15) is 6.92 Å². The van der Waals surface area contributed by atoms with E-state index in [1.165, 1.54) is 6.07 Å².